The third-order valence-electron chi connectivity index (χ3n) is 5.82. The maximum atomic E-state index is 12.9. The van der Waals surface area contributed by atoms with Gasteiger partial charge >= 0.3 is 0 Å². The molecule has 5 aromatic rings. The fraction of sp³-hybridized carbons (Fsp3) is 0.192. The van der Waals surface area contributed by atoms with E-state index in [0.717, 1.165) is 22.5 Å². The first-order valence-corrected chi connectivity index (χ1v) is 11.3. The molecule has 8 heteroatoms. The number of fused-ring (bicyclic) bond motifs is 1. The number of aryl methyl sites for hydroxylation is 2. The Bertz CT molecular complexity index is 1380. The van der Waals surface area contributed by atoms with Crippen LogP contribution in [0.3, 0.4) is 0 Å². The average molecular weight is 452 g/mol. The summed E-state index contributed by atoms with van der Waals surface area (Å²) in [4.78, 5) is 26.4. The van der Waals surface area contributed by atoms with Crippen LogP contribution < -0.4 is 5.32 Å². The molecule has 170 valence electrons. The Labute approximate surface area is 197 Å². The molecule has 0 atom stereocenters. The van der Waals surface area contributed by atoms with Gasteiger partial charge in [-0.1, -0.05) is 60.7 Å². The normalized spacial score (nSPS) is 11.3. The molecule has 5 rings (SSSR count). The van der Waals surface area contributed by atoms with E-state index in [-0.39, 0.29) is 17.8 Å². The maximum absolute atomic E-state index is 12.9. The minimum atomic E-state index is -0.309. The van der Waals surface area contributed by atoms with Crippen LogP contribution in [0.25, 0.3) is 11.2 Å². The highest BCUT2D eigenvalue weighted by atomic mass is 16.1. The van der Waals surface area contributed by atoms with E-state index in [1.165, 1.54) is 0 Å². The van der Waals surface area contributed by atoms with Crippen molar-refractivity contribution in [1.82, 2.24) is 29.3 Å². The second-order valence-electron chi connectivity index (χ2n) is 7.91. The quantitative estimate of drug-likeness (QED) is 0.394. The maximum Gasteiger partial charge on any atom is 0.259 e. The van der Waals surface area contributed by atoms with E-state index in [9.17, 15) is 4.79 Å². The Balaban J connectivity index is 1.57. The summed E-state index contributed by atoms with van der Waals surface area (Å²) in [6, 6.07) is 22.5. The number of benzene rings is 2. The van der Waals surface area contributed by atoms with Crippen molar-refractivity contribution in [1.29, 1.82) is 0 Å². The van der Waals surface area contributed by atoms with Crippen molar-refractivity contribution in [3.05, 3.63) is 102 Å². The van der Waals surface area contributed by atoms with E-state index in [0.29, 0.717) is 24.3 Å². The van der Waals surface area contributed by atoms with Crippen LogP contribution in [0.15, 0.2) is 79.3 Å². The number of anilines is 1. The van der Waals surface area contributed by atoms with Crippen LogP contribution in [-0.4, -0.2) is 35.2 Å². The van der Waals surface area contributed by atoms with Gasteiger partial charge in [0.2, 0.25) is 5.95 Å². The van der Waals surface area contributed by atoms with E-state index >= 15 is 0 Å². The van der Waals surface area contributed by atoms with Crippen molar-refractivity contribution < 1.29 is 4.79 Å². The van der Waals surface area contributed by atoms with Crippen molar-refractivity contribution in [3.63, 3.8) is 0 Å². The molecule has 0 spiro atoms. The molecule has 0 saturated heterocycles. The number of hydrogen-bond acceptors (Lipinski definition) is 5. The molecule has 0 aliphatic heterocycles. The monoisotopic (exact) mass is 451 g/mol. The smallest absolute Gasteiger partial charge is 0.259 e. The summed E-state index contributed by atoms with van der Waals surface area (Å²) in [6.45, 7) is 5.40. The fourth-order valence-electron chi connectivity index (χ4n) is 4.16. The van der Waals surface area contributed by atoms with E-state index in [1.807, 2.05) is 49.4 Å². The molecule has 0 fully saturated rings. The average Bonchev–Trinajstić information content (AvgIpc) is 3.49. The Morgan fingerprint density at radius 3 is 2.21 bits per heavy atom. The van der Waals surface area contributed by atoms with Crippen LogP contribution in [0.5, 0.6) is 0 Å². The predicted octanol–water partition coefficient (Wildman–Crippen LogP) is 4.50. The first kappa shape index (κ1) is 21.5. The van der Waals surface area contributed by atoms with Gasteiger partial charge < -0.3 is 4.57 Å². The zero-order valence-electron chi connectivity index (χ0n) is 19.1. The number of aromatic nitrogens is 6. The van der Waals surface area contributed by atoms with E-state index in [4.69, 9.17) is 4.98 Å². The Hall–Kier alpha value is -4.33. The zero-order chi connectivity index (χ0) is 23.5. The summed E-state index contributed by atoms with van der Waals surface area (Å²) >= 11 is 0. The number of imidazole rings is 1. The minimum Gasteiger partial charge on any atom is -0.326 e. The van der Waals surface area contributed by atoms with Gasteiger partial charge in [-0.2, -0.15) is 0 Å². The molecule has 34 heavy (non-hydrogen) atoms. The van der Waals surface area contributed by atoms with Gasteiger partial charge in [0.1, 0.15) is 12.2 Å². The highest BCUT2D eigenvalue weighted by Crippen LogP contribution is 2.33. The van der Waals surface area contributed by atoms with Crippen LogP contribution in [0.4, 0.5) is 5.95 Å². The SMILES string of the molecule is CCn1cnc(NC(=O)c2cnc3nc(C(c4ccccc4)c4ccccc4)n(CC)c3c2)n1. The number of amides is 1. The first-order chi connectivity index (χ1) is 16.7. The number of carbonyl (C=O) groups is 1. The van der Waals surface area contributed by atoms with Crippen LogP contribution in [0.1, 0.15) is 47.1 Å². The zero-order valence-corrected chi connectivity index (χ0v) is 19.1. The molecular formula is C26H25N7O. The minimum absolute atomic E-state index is 0.0592. The molecule has 0 saturated carbocycles. The molecule has 3 heterocycles. The standard InChI is InChI=1S/C26H25N7O/c1-3-32-17-28-26(31-32)30-25(34)20-15-21-23(27-16-20)29-24(33(21)4-2)22(18-11-7-5-8-12-18)19-13-9-6-10-14-19/h5-17,22H,3-4H2,1-2H3,(H,30,31,34). The predicted molar refractivity (Wildman–Crippen MR) is 131 cm³/mol. The van der Waals surface area contributed by atoms with Gasteiger partial charge in [0, 0.05) is 19.3 Å². The highest BCUT2D eigenvalue weighted by molar-refractivity contribution is 6.04. The van der Waals surface area contributed by atoms with Crippen molar-refractivity contribution in [2.24, 2.45) is 0 Å². The highest BCUT2D eigenvalue weighted by Gasteiger charge is 2.24. The molecule has 0 aliphatic rings. The topological polar surface area (TPSA) is 90.5 Å². The molecule has 1 N–H and O–H groups in total. The van der Waals surface area contributed by atoms with Gasteiger partial charge in [-0.3, -0.25) is 14.8 Å². The van der Waals surface area contributed by atoms with E-state index in [2.05, 4.69) is 56.1 Å². The van der Waals surface area contributed by atoms with Crippen molar-refractivity contribution in [2.75, 3.05) is 5.32 Å². The summed E-state index contributed by atoms with van der Waals surface area (Å²) < 4.78 is 3.79. The largest absolute Gasteiger partial charge is 0.326 e. The van der Waals surface area contributed by atoms with Gasteiger partial charge in [-0.15, -0.1) is 5.10 Å². The summed E-state index contributed by atoms with van der Waals surface area (Å²) in [5, 5.41) is 6.97. The summed E-state index contributed by atoms with van der Waals surface area (Å²) in [5.74, 6) is 0.792. The Kier molecular flexibility index (Phi) is 5.86. The van der Waals surface area contributed by atoms with Gasteiger partial charge in [0.15, 0.2) is 5.65 Å². The molecule has 0 bridgehead atoms. The molecule has 0 aliphatic carbocycles. The van der Waals surface area contributed by atoms with Gasteiger partial charge in [-0.25, -0.2) is 15.0 Å². The number of carbonyl (C=O) groups excluding carboxylic acids is 1. The molecular weight excluding hydrogens is 426 g/mol. The van der Waals surface area contributed by atoms with Crippen LogP contribution in [-0.2, 0) is 13.1 Å². The second-order valence-corrected chi connectivity index (χ2v) is 7.91. The summed E-state index contributed by atoms with van der Waals surface area (Å²) in [7, 11) is 0. The van der Waals surface area contributed by atoms with Gasteiger partial charge in [0.05, 0.1) is 17.0 Å². The summed E-state index contributed by atoms with van der Waals surface area (Å²) in [5.41, 5.74) is 4.15. The van der Waals surface area contributed by atoms with Crippen LogP contribution >= 0.6 is 0 Å². The van der Waals surface area contributed by atoms with Gasteiger partial charge in [-0.05, 0) is 31.0 Å². The molecule has 2 aromatic carbocycles. The van der Waals surface area contributed by atoms with E-state index in [1.54, 1.807) is 17.2 Å². The second kappa shape index (κ2) is 9.27. The lowest BCUT2D eigenvalue weighted by molar-refractivity contribution is 0.102. The van der Waals surface area contributed by atoms with Crippen molar-refractivity contribution >= 4 is 23.0 Å². The fourth-order valence-corrected chi connectivity index (χ4v) is 4.16. The van der Waals surface area contributed by atoms with Crippen LogP contribution in [0, 0.1) is 0 Å². The number of pyridine rings is 1. The lowest BCUT2D eigenvalue weighted by Crippen LogP contribution is -2.14. The molecule has 0 unspecified atom stereocenters. The lowest BCUT2D eigenvalue weighted by Gasteiger charge is -2.19. The number of rotatable bonds is 7. The third-order valence-corrected chi connectivity index (χ3v) is 5.82. The molecule has 8 nitrogen and oxygen atoms in total. The number of hydrogen-bond donors (Lipinski definition) is 1. The van der Waals surface area contributed by atoms with Crippen LogP contribution in [0.2, 0.25) is 0 Å². The van der Waals surface area contributed by atoms with E-state index < -0.39 is 0 Å². The van der Waals surface area contributed by atoms with Crippen molar-refractivity contribution in [2.45, 2.75) is 32.9 Å². The molecule has 3 aromatic heterocycles. The van der Waals surface area contributed by atoms with Crippen molar-refractivity contribution in [3.8, 4) is 0 Å². The third kappa shape index (κ3) is 4.05. The number of nitrogens with zero attached hydrogens (tertiary/aromatic N) is 6. The first-order valence-electron chi connectivity index (χ1n) is 11.3. The Morgan fingerprint density at radius 2 is 1.62 bits per heavy atom. The van der Waals surface area contributed by atoms with Gasteiger partial charge in [0.25, 0.3) is 5.91 Å². The summed E-state index contributed by atoms with van der Waals surface area (Å²) in [6.07, 6.45) is 3.13. The molecule has 0 radical (unpaired) electrons. The Morgan fingerprint density at radius 1 is 0.941 bits per heavy atom. The number of nitrogens with one attached hydrogen (secondary N) is 1. The lowest BCUT2D eigenvalue weighted by atomic mass is 9.90. The molecule has 1 amide bonds.